The quantitative estimate of drug-likeness (QED) is 0.124. The standard InChI is InChI=1S/C34H40N6O3S.H2/c1-5-40(33(41)37-24-26-16-20-28(21-17-26)34(2,3)4)30(35)13-9-10-25-14-18-27(19-15-25)32-36-23-22-31(38-32)39-44(42,43)29-11-7-6-8-12-29;/h6-8,11-12,14-23,35H,5,9-10,13,24H2,1-4H3,(H,37,41)(H,36,38,39);1H. The number of carbonyl (C=O) groups excluding carboxylic acids is 1. The molecule has 3 aromatic carbocycles. The second-order valence-electron chi connectivity index (χ2n) is 11.5. The number of carbonyl (C=O) groups is 1. The minimum atomic E-state index is -3.76. The minimum absolute atomic E-state index is 0. The van der Waals surface area contributed by atoms with Crippen LogP contribution in [0.5, 0.6) is 0 Å². The lowest BCUT2D eigenvalue weighted by molar-refractivity contribution is 0.221. The Balaban J connectivity index is 0.00000552. The smallest absolute Gasteiger partial charge is 0.323 e. The van der Waals surface area contributed by atoms with Crippen LogP contribution in [-0.4, -0.2) is 41.7 Å². The number of aryl methyl sites for hydroxylation is 1. The van der Waals surface area contributed by atoms with Crippen LogP contribution in [0.15, 0.2) is 96.0 Å². The Bertz CT molecular complexity index is 1670. The van der Waals surface area contributed by atoms with Crippen LogP contribution in [0.4, 0.5) is 10.6 Å². The van der Waals surface area contributed by atoms with Gasteiger partial charge in [0.25, 0.3) is 10.0 Å². The van der Waals surface area contributed by atoms with E-state index in [-0.39, 0.29) is 29.4 Å². The summed E-state index contributed by atoms with van der Waals surface area (Å²) in [6, 6.07) is 25.3. The molecular formula is C34H42N6O3S. The van der Waals surface area contributed by atoms with Crippen LogP contribution in [0.25, 0.3) is 11.4 Å². The van der Waals surface area contributed by atoms with Crippen molar-refractivity contribution in [2.75, 3.05) is 11.3 Å². The summed E-state index contributed by atoms with van der Waals surface area (Å²) < 4.78 is 27.8. The van der Waals surface area contributed by atoms with Gasteiger partial charge in [0, 0.05) is 32.7 Å². The summed E-state index contributed by atoms with van der Waals surface area (Å²) >= 11 is 0. The van der Waals surface area contributed by atoms with Crippen molar-refractivity contribution in [2.24, 2.45) is 0 Å². The topological polar surface area (TPSA) is 128 Å². The van der Waals surface area contributed by atoms with E-state index in [2.05, 4.69) is 52.9 Å². The molecule has 0 unspecified atom stereocenters. The van der Waals surface area contributed by atoms with Crippen LogP contribution in [0.1, 0.15) is 58.7 Å². The Labute approximate surface area is 261 Å². The Morgan fingerprint density at radius 3 is 2.23 bits per heavy atom. The molecule has 0 aliphatic heterocycles. The zero-order chi connectivity index (χ0) is 31.7. The summed E-state index contributed by atoms with van der Waals surface area (Å²) in [6.07, 6.45) is 3.43. The molecule has 4 rings (SSSR count). The molecule has 0 atom stereocenters. The van der Waals surface area contributed by atoms with Crippen LogP contribution >= 0.6 is 0 Å². The summed E-state index contributed by atoms with van der Waals surface area (Å²) in [5.74, 6) is 0.874. The maximum Gasteiger partial charge on any atom is 0.323 e. The number of nitrogens with one attached hydrogen (secondary N) is 3. The highest BCUT2D eigenvalue weighted by atomic mass is 32.2. The van der Waals surface area contributed by atoms with E-state index in [4.69, 9.17) is 5.41 Å². The van der Waals surface area contributed by atoms with Gasteiger partial charge in [0.15, 0.2) is 5.82 Å². The van der Waals surface area contributed by atoms with E-state index in [1.165, 1.54) is 34.9 Å². The monoisotopic (exact) mass is 614 g/mol. The predicted molar refractivity (Wildman–Crippen MR) is 177 cm³/mol. The van der Waals surface area contributed by atoms with Gasteiger partial charge >= 0.3 is 6.03 Å². The third-order valence-corrected chi connectivity index (χ3v) is 8.56. The lowest BCUT2D eigenvalue weighted by Crippen LogP contribution is -2.43. The Morgan fingerprint density at radius 1 is 0.932 bits per heavy atom. The summed E-state index contributed by atoms with van der Waals surface area (Å²) in [7, 11) is -3.76. The lowest BCUT2D eigenvalue weighted by Gasteiger charge is -2.22. The predicted octanol–water partition coefficient (Wildman–Crippen LogP) is 7.02. The molecule has 2 amide bonds. The van der Waals surface area contributed by atoms with E-state index >= 15 is 0 Å². The molecule has 232 valence electrons. The summed E-state index contributed by atoms with van der Waals surface area (Å²) in [6.45, 7) is 9.20. The van der Waals surface area contributed by atoms with Crippen molar-refractivity contribution in [2.45, 2.75) is 63.8 Å². The second-order valence-corrected chi connectivity index (χ2v) is 13.2. The number of amidine groups is 1. The molecule has 44 heavy (non-hydrogen) atoms. The van der Waals surface area contributed by atoms with Crippen LogP contribution in [0.3, 0.4) is 0 Å². The number of hydrogen-bond donors (Lipinski definition) is 3. The third kappa shape index (κ3) is 8.73. The van der Waals surface area contributed by atoms with E-state index in [1.54, 1.807) is 18.2 Å². The van der Waals surface area contributed by atoms with Gasteiger partial charge in [-0.15, -0.1) is 0 Å². The number of aromatic nitrogens is 2. The van der Waals surface area contributed by atoms with Crippen molar-refractivity contribution >= 4 is 27.7 Å². The van der Waals surface area contributed by atoms with E-state index in [0.29, 0.717) is 31.8 Å². The molecule has 4 aromatic rings. The third-order valence-electron chi connectivity index (χ3n) is 7.19. The van der Waals surface area contributed by atoms with Crippen molar-refractivity contribution in [3.05, 3.63) is 108 Å². The van der Waals surface area contributed by atoms with E-state index in [1.807, 2.05) is 43.3 Å². The minimum Gasteiger partial charge on any atom is -0.334 e. The lowest BCUT2D eigenvalue weighted by atomic mass is 9.87. The molecule has 3 N–H and O–H groups in total. The van der Waals surface area contributed by atoms with Crippen molar-refractivity contribution in [3.8, 4) is 11.4 Å². The van der Waals surface area contributed by atoms with Gasteiger partial charge in [-0.2, -0.15) is 0 Å². The Hall–Kier alpha value is -4.57. The SMILES string of the molecule is CCN(C(=N)CCCc1ccc(-c2nccc(NS(=O)(=O)c3ccccc3)n2)cc1)C(=O)NCc1ccc(C(C)(C)C)cc1.[HH]. The van der Waals surface area contributed by atoms with Crippen LogP contribution < -0.4 is 10.0 Å². The number of urea groups is 1. The Kier molecular flexibility index (Phi) is 10.5. The fourth-order valence-corrected chi connectivity index (χ4v) is 5.64. The van der Waals surface area contributed by atoms with Gasteiger partial charge in [-0.1, -0.05) is 87.5 Å². The van der Waals surface area contributed by atoms with Gasteiger partial charge in [-0.05, 0) is 60.1 Å². The number of benzene rings is 3. The summed E-state index contributed by atoms with van der Waals surface area (Å²) in [5.41, 5.74) is 4.17. The first-order valence-corrected chi connectivity index (χ1v) is 16.2. The average Bonchev–Trinajstić information content (AvgIpc) is 3.01. The van der Waals surface area contributed by atoms with Gasteiger partial charge < -0.3 is 5.32 Å². The van der Waals surface area contributed by atoms with Crippen molar-refractivity contribution in [1.29, 1.82) is 5.41 Å². The number of sulfonamides is 1. The number of rotatable bonds is 11. The summed E-state index contributed by atoms with van der Waals surface area (Å²) in [5, 5.41) is 11.4. The molecule has 0 spiro atoms. The van der Waals surface area contributed by atoms with Gasteiger partial charge in [0.2, 0.25) is 0 Å². The molecule has 0 aliphatic carbocycles. The number of hydrogen-bond acceptors (Lipinski definition) is 6. The molecule has 0 radical (unpaired) electrons. The molecule has 10 heteroatoms. The van der Waals surface area contributed by atoms with Crippen molar-refractivity contribution in [3.63, 3.8) is 0 Å². The molecule has 0 fully saturated rings. The second kappa shape index (κ2) is 14.3. The fraction of sp³-hybridized carbons (Fsp3) is 0.294. The number of anilines is 1. The molecule has 9 nitrogen and oxygen atoms in total. The maximum absolute atomic E-state index is 12.8. The van der Waals surface area contributed by atoms with Crippen LogP contribution in [-0.2, 0) is 28.4 Å². The molecule has 1 aromatic heterocycles. The van der Waals surface area contributed by atoms with Gasteiger partial charge in [-0.3, -0.25) is 15.0 Å². The van der Waals surface area contributed by atoms with Gasteiger partial charge in [0.05, 0.1) is 4.90 Å². The fourth-order valence-electron chi connectivity index (χ4n) is 4.62. The first kappa shape index (κ1) is 32.3. The normalized spacial score (nSPS) is 11.5. The highest BCUT2D eigenvalue weighted by molar-refractivity contribution is 7.92. The number of nitrogens with zero attached hydrogens (tertiary/aromatic N) is 3. The van der Waals surface area contributed by atoms with E-state index < -0.39 is 10.0 Å². The highest BCUT2D eigenvalue weighted by Crippen LogP contribution is 2.23. The number of amides is 2. The molecular weight excluding hydrogens is 572 g/mol. The highest BCUT2D eigenvalue weighted by Gasteiger charge is 2.18. The molecule has 0 aliphatic rings. The Morgan fingerprint density at radius 2 is 1.59 bits per heavy atom. The van der Waals surface area contributed by atoms with E-state index in [9.17, 15) is 13.2 Å². The maximum atomic E-state index is 12.8. The average molecular weight is 615 g/mol. The van der Waals surface area contributed by atoms with Crippen LogP contribution in [0, 0.1) is 5.41 Å². The van der Waals surface area contributed by atoms with Crippen molar-refractivity contribution < 1.29 is 14.6 Å². The first-order chi connectivity index (χ1) is 21.0. The summed E-state index contributed by atoms with van der Waals surface area (Å²) in [4.78, 5) is 23.1. The van der Waals surface area contributed by atoms with Crippen molar-refractivity contribution in [1.82, 2.24) is 20.2 Å². The van der Waals surface area contributed by atoms with Crippen LogP contribution in [0.2, 0.25) is 0 Å². The van der Waals surface area contributed by atoms with Gasteiger partial charge in [-0.25, -0.2) is 23.2 Å². The molecule has 0 saturated heterocycles. The van der Waals surface area contributed by atoms with Gasteiger partial charge in [0.1, 0.15) is 11.7 Å². The first-order valence-electron chi connectivity index (χ1n) is 14.7. The largest absolute Gasteiger partial charge is 0.334 e. The van der Waals surface area contributed by atoms with E-state index in [0.717, 1.165) is 23.1 Å². The molecule has 0 bridgehead atoms. The zero-order valence-corrected chi connectivity index (χ0v) is 26.5. The zero-order valence-electron chi connectivity index (χ0n) is 25.7. The molecule has 0 saturated carbocycles. The molecule has 1 heterocycles.